The molecule has 158 valence electrons. The SMILES string of the molecule is CC1(C)OB(c2c[nH]c(=O)c(CO)c2)OC1(C)C.O=c1[nH]cnc2ncc(Br)cc12. The topological polar surface area (TPSA) is 130 Å². The summed E-state index contributed by atoms with van der Waals surface area (Å²) in [5.74, 6) is 0. The van der Waals surface area contributed by atoms with Crippen LogP contribution in [0.15, 0.2) is 44.9 Å². The highest BCUT2D eigenvalue weighted by atomic mass is 79.9. The van der Waals surface area contributed by atoms with Crippen LogP contribution in [-0.2, 0) is 15.9 Å². The quantitative estimate of drug-likeness (QED) is 0.474. The van der Waals surface area contributed by atoms with Gasteiger partial charge in [0.15, 0.2) is 5.65 Å². The molecule has 0 bridgehead atoms. The zero-order chi connectivity index (χ0) is 22.1. The molecule has 1 aliphatic heterocycles. The van der Waals surface area contributed by atoms with Gasteiger partial charge in [-0.15, -0.1) is 0 Å². The maximum Gasteiger partial charge on any atom is 0.496 e. The van der Waals surface area contributed by atoms with Crippen LogP contribution in [0.2, 0.25) is 0 Å². The molecule has 4 rings (SSSR count). The molecule has 4 heterocycles. The Morgan fingerprint density at radius 2 is 1.73 bits per heavy atom. The third kappa shape index (κ3) is 4.54. The van der Waals surface area contributed by atoms with Crippen molar-refractivity contribution in [3.05, 3.63) is 61.6 Å². The van der Waals surface area contributed by atoms with E-state index in [4.69, 9.17) is 14.4 Å². The first kappa shape index (κ1) is 22.4. The molecule has 3 aromatic rings. The number of nitrogens with one attached hydrogen (secondary N) is 2. The number of hydrogen-bond acceptors (Lipinski definition) is 7. The number of rotatable bonds is 2. The number of aliphatic hydroxyl groups is 1. The predicted molar refractivity (Wildman–Crippen MR) is 117 cm³/mol. The molecule has 0 unspecified atom stereocenters. The van der Waals surface area contributed by atoms with Gasteiger partial charge >= 0.3 is 7.12 Å². The average Bonchev–Trinajstić information content (AvgIpc) is 2.91. The first-order valence-electron chi connectivity index (χ1n) is 9.21. The number of halogens is 1. The summed E-state index contributed by atoms with van der Waals surface area (Å²) in [5.41, 5.74) is 0.161. The van der Waals surface area contributed by atoms with Crippen molar-refractivity contribution in [2.75, 3.05) is 0 Å². The normalized spacial score (nSPS) is 16.9. The fourth-order valence-electron chi connectivity index (χ4n) is 2.71. The van der Waals surface area contributed by atoms with E-state index in [0.717, 1.165) is 4.47 Å². The Balaban J connectivity index is 0.000000184. The Morgan fingerprint density at radius 3 is 2.37 bits per heavy atom. The van der Waals surface area contributed by atoms with Gasteiger partial charge in [0.05, 0.1) is 29.5 Å². The molecule has 1 aliphatic rings. The zero-order valence-corrected chi connectivity index (χ0v) is 18.6. The van der Waals surface area contributed by atoms with Gasteiger partial charge in [0.25, 0.3) is 11.1 Å². The molecule has 0 aliphatic carbocycles. The van der Waals surface area contributed by atoms with Crippen molar-refractivity contribution >= 4 is 39.5 Å². The molecule has 9 nitrogen and oxygen atoms in total. The summed E-state index contributed by atoms with van der Waals surface area (Å²) in [6.07, 6.45) is 4.50. The second kappa shape index (κ2) is 8.42. The van der Waals surface area contributed by atoms with Crippen molar-refractivity contribution < 1.29 is 14.4 Å². The lowest BCUT2D eigenvalue weighted by atomic mass is 9.80. The van der Waals surface area contributed by atoms with Gasteiger partial charge in [-0.1, -0.05) is 0 Å². The van der Waals surface area contributed by atoms with E-state index in [0.29, 0.717) is 22.1 Å². The molecule has 3 N–H and O–H groups in total. The smallest absolute Gasteiger partial charge is 0.399 e. The first-order chi connectivity index (χ1) is 14.0. The Labute approximate surface area is 181 Å². The van der Waals surface area contributed by atoms with Crippen LogP contribution in [0.1, 0.15) is 33.3 Å². The van der Waals surface area contributed by atoms with Crippen molar-refractivity contribution in [2.24, 2.45) is 0 Å². The minimum Gasteiger partial charge on any atom is -0.399 e. The van der Waals surface area contributed by atoms with E-state index >= 15 is 0 Å². The second-order valence-corrected chi connectivity index (χ2v) is 8.71. The highest BCUT2D eigenvalue weighted by Crippen LogP contribution is 2.36. The number of pyridine rings is 2. The van der Waals surface area contributed by atoms with Gasteiger partial charge in [-0.3, -0.25) is 9.59 Å². The van der Waals surface area contributed by atoms with Gasteiger partial charge in [0.2, 0.25) is 0 Å². The van der Waals surface area contributed by atoms with Gasteiger partial charge < -0.3 is 24.4 Å². The summed E-state index contributed by atoms with van der Waals surface area (Å²) in [6.45, 7) is 7.55. The Kier molecular flexibility index (Phi) is 6.28. The lowest BCUT2D eigenvalue weighted by molar-refractivity contribution is 0.00578. The molecule has 0 saturated carbocycles. The monoisotopic (exact) mass is 476 g/mol. The fraction of sp³-hybridized carbons (Fsp3) is 0.368. The number of aromatic nitrogens is 4. The van der Waals surface area contributed by atoms with E-state index < -0.39 is 18.3 Å². The van der Waals surface area contributed by atoms with Crippen LogP contribution < -0.4 is 16.6 Å². The molecule has 0 atom stereocenters. The molecule has 30 heavy (non-hydrogen) atoms. The Morgan fingerprint density at radius 1 is 1.07 bits per heavy atom. The first-order valence-corrected chi connectivity index (χ1v) is 10.0. The van der Waals surface area contributed by atoms with Crippen molar-refractivity contribution in [2.45, 2.75) is 45.5 Å². The zero-order valence-electron chi connectivity index (χ0n) is 17.0. The molecule has 11 heteroatoms. The number of fused-ring (bicyclic) bond motifs is 1. The van der Waals surface area contributed by atoms with Crippen molar-refractivity contribution in [1.29, 1.82) is 0 Å². The minimum absolute atomic E-state index is 0.172. The van der Waals surface area contributed by atoms with Crippen LogP contribution in [0.4, 0.5) is 0 Å². The fourth-order valence-corrected chi connectivity index (χ4v) is 3.05. The molecular formula is C19H22BBrN4O5. The highest BCUT2D eigenvalue weighted by Gasteiger charge is 2.51. The van der Waals surface area contributed by atoms with Crippen LogP contribution in [0.25, 0.3) is 11.0 Å². The molecule has 0 radical (unpaired) electrons. The third-order valence-corrected chi connectivity index (χ3v) is 5.59. The van der Waals surface area contributed by atoms with Crippen molar-refractivity contribution in [3.63, 3.8) is 0 Å². The number of nitrogens with zero attached hydrogens (tertiary/aromatic N) is 2. The lowest BCUT2D eigenvalue weighted by Gasteiger charge is -2.32. The average molecular weight is 477 g/mol. The highest BCUT2D eigenvalue weighted by molar-refractivity contribution is 9.10. The largest absolute Gasteiger partial charge is 0.496 e. The van der Waals surface area contributed by atoms with E-state index in [1.165, 1.54) is 6.33 Å². The van der Waals surface area contributed by atoms with Crippen LogP contribution in [0, 0.1) is 0 Å². The lowest BCUT2D eigenvalue weighted by Crippen LogP contribution is -2.41. The van der Waals surface area contributed by atoms with Gasteiger partial charge in [-0.05, 0) is 61.2 Å². The molecule has 1 saturated heterocycles. The van der Waals surface area contributed by atoms with Crippen molar-refractivity contribution in [1.82, 2.24) is 19.9 Å². The van der Waals surface area contributed by atoms with Crippen LogP contribution >= 0.6 is 15.9 Å². The summed E-state index contributed by atoms with van der Waals surface area (Å²) in [7, 11) is -0.530. The van der Waals surface area contributed by atoms with E-state index in [2.05, 4.69) is 35.9 Å². The summed E-state index contributed by atoms with van der Waals surface area (Å²) in [6, 6.07) is 3.30. The van der Waals surface area contributed by atoms with Crippen LogP contribution in [0.3, 0.4) is 0 Å². The summed E-state index contributed by atoms with van der Waals surface area (Å²) < 4.78 is 12.5. The van der Waals surface area contributed by atoms with E-state index in [9.17, 15) is 9.59 Å². The third-order valence-electron chi connectivity index (χ3n) is 5.16. The standard InChI is InChI=1S/C12H18BNO4.C7H4BrN3O/c1-11(2)12(3,4)18-13(17-11)9-5-8(7-15)10(16)14-6-9;8-4-1-5-6(9-2-4)10-3-11-7(5)12/h5-6,15H,7H2,1-4H3,(H,14,16);1-3H,(H,9,10,11,12). The molecular weight excluding hydrogens is 455 g/mol. The van der Waals surface area contributed by atoms with Gasteiger partial charge in [0, 0.05) is 22.4 Å². The van der Waals surface area contributed by atoms with Crippen molar-refractivity contribution in [3.8, 4) is 0 Å². The molecule has 0 amide bonds. The second-order valence-electron chi connectivity index (χ2n) is 7.79. The van der Waals surface area contributed by atoms with E-state index in [-0.39, 0.29) is 17.7 Å². The van der Waals surface area contributed by atoms with Crippen LogP contribution in [-0.4, -0.2) is 43.4 Å². The number of hydrogen-bond donors (Lipinski definition) is 3. The number of H-pyrrole nitrogens is 2. The predicted octanol–water partition coefficient (Wildman–Crippen LogP) is 1.25. The Bertz CT molecular complexity index is 1160. The molecule has 0 spiro atoms. The molecule has 3 aromatic heterocycles. The summed E-state index contributed by atoms with van der Waals surface area (Å²) in [5, 5.41) is 9.58. The molecule has 1 fully saturated rings. The molecule has 0 aromatic carbocycles. The Hall–Kier alpha value is -2.34. The van der Waals surface area contributed by atoms with Crippen LogP contribution in [0.5, 0.6) is 0 Å². The maximum atomic E-state index is 11.4. The van der Waals surface area contributed by atoms with E-state index in [1.54, 1.807) is 24.5 Å². The summed E-state index contributed by atoms with van der Waals surface area (Å²) in [4.78, 5) is 35.5. The van der Waals surface area contributed by atoms with Gasteiger partial charge in [0.1, 0.15) is 0 Å². The summed E-state index contributed by atoms with van der Waals surface area (Å²) >= 11 is 3.22. The van der Waals surface area contributed by atoms with Gasteiger partial charge in [-0.2, -0.15) is 0 Å². The minimum atomic E-state index is -0.530. The van der Waals surface area contributed by atoms with E-state index in [1.807, 2.05) is 27.7 Å². The number of aliphatic hydroxyl groups excluding tert-OH is 1. The maximum absolute atomic E-state index is 11.4. The van der Waals surface area contributed by atoms with Gasteiger partial charge in [-0.25, -0.2) is 9.97 Å². The number of aromatic amines is 2.